The van der Waals surface area contributed by atoms with E-state index < -0.39 is 23.2 Å². The van der Waals surface area contributed by atoms with Gasteiger partial charge in [0.1, 0.15) is 5.72 Å². The first-order valence-electron chi connectivity index (χ1n) is 18.7. The summed E-state index contributed by atoms with van der Waals surface area (Å²) in [6.45, 7) is 16.5. The van der Waals surface area contributed by atoms with Crippen molar-refractivity contribution in [1.29, 1.82) is 0 Å². The number of hydrogen-bond acceptors (Lipinski definition) is 11. The van der Waals surface area contributed by atoms with Crippen molar-refractivity contribution in [2.24, 2.45) is 0 Å². The number of nitrogens with zero attached hydrogens (tertiary/aromatic N) is 2. The molecule has 3 aromatic rings. The van der Waals surface area contributed by atoms with Crippen LogP contribution in [0.25, 0.3) is 22.3 Å². The average Bonchev–Trinajstić information content (AvgIpc) is 3.45. The third-order valence-electron chi connectivity index (χ3n) is 9.18. The molecular weight excluding hydrogens is 678 g/mol. The van der Waals surface area contributed by atoms with Crippen LogP contribution in [0, 0.1) is 0 Å². The van der Waals surface area contributed by atoms with Crippen LogP contribution in [0.1, 0.15) is 103 Å². The zero-order chi connectivity index (χ0) is 38.6. The number of carbonyl (C=O) groups excluding carboxylic acids is 3. The topological polar surface area (TPSA) is 159 Å². The highest BCUT2D eigenvalue weighted by molar-refractivity contribution is 5.86. The van der Waals surface area contributed by atoms with Gasteiger partial charge >= 0.3 is 5.97 Å². The monoisotopic (exact) mass is 735 g/mol. The Bertz CT molecular complexity index is 1770. The number of hydrogen-bond donors (Lipinski definition) is 3. The van der Waals surface area contributed by atoms with E-state index in [1.54, 1.807) is 4.57 Å². The molecule has 0 radical (unpaired) electrons. The Labute approximate surface area is 312 Å². The second-order valence-electron chi connectivity index (χ2n) is 14.9. The Balaban J connectivity index is 1.31. The minimum atomic E-state index is -0.606. The smallest absolute Gasteiger partial charge is 0.306 e. The Hall–Kier alpha value is -4.17. The molecule has 0 saturated carbocycles. The Morgan fingerprint density at radius 2 is 1.79 bits per heavy atom. The van der Waals surface area contributed by atoms with E-state index in [1.807, 2.05) is 78.8 Å². The van der Waals surface area contributed by atoms with Crippen LogP contribution >= 0.6 is 0 Å². The number of para-hydroxylation sites is 1. The third-order valence-corrected chi connectivity index (χ3v) is 9.18. The number of rotatable bonds is 23. The van der Waals surface area contributed by atoms with Crippen molar-refractivity contribution in [3.8, 4) is 11.4 Å². The molecule has 0 spiro atoms. The number of amides is 1. The molecule has 1 amide bonds. The highest BCUT2D eigenvalue weighted by Crippen LogP contribution is 2.35. The lowest BCUT2D eigenvalue weighted by Gasteiger charge is -2.30. The van der Waals surface area contributed by atoms with Crippen LogP contribution < -0.4 is 21.7 Å². The number of hydroxylamine groups is 1. The fourth-order valence-corrected chi connectivity index (χ4v) is 6.35. The van der Waals surface area contributed by atoms with Crippen LogP contribution in [0.3, 0.4) is 0 Å². The van der Waals surface area contributed by atoms with Gasteiger partial charge in [-0.1, -0.05) is 25.1 Å². The zero-order valence-electron chi connectivity index (χ0n) is 32.3. The lowest BCUT2D eigenvalue weighted by Crippen LogP contribution is -2.44. The summed E-state index contributed by atoms with van der Waals surface area (Å²) >= 11 is 0. The lowest BCUT2D eigenvalue weighted by molar-refractivity contribution is -0.143. The molecule has 13 heteroatoms. The normalized spacial score (nSPS) is 13.1. The van der Waals surface area contributed by atoms with Crippen LogP contribution in [-0.2, 0) is 46.4 Å². The van der Waals surface area contributed by atoms with Gasteiger partial charge in [0.15, 0.2) is 0 Å². The first-order valence-corrected chi connectivity index (χ1v) is 18.7. The minimum Gasteiger partial charge on any atom is -0.468 e. The predicted molar refractivity (Wildman–Crippen MR) is 203 cm³/mol. The molecule has 3 N–H and O–H groups in total. The maximum absolute atomic E-state index is 14.1. The minimum absolute atomic E-state index is 0.0141. The summed E-state index contributed by atoms with van der Waals surface area (Å²) in [5.74, 6) is -1.11. The van der Waals surface area contributed by atoms with Crippen LogP contribution in [0.5, 0.6) is 0 Å². The molecule has 13 nitrogen and oxygen atoms in total. The van der Waals surface area contributed by atoms with Crippen LogP contribution in [0.15, 0.2) is 41.2 Å². The van der Waals surface area contributed by atoms with Crippen LogP contribution in [0.2, 0.25) is 0 Å². The fraction of sp³-hybridized carbons (Fsp3) is 0.575. The molecule has 3 heterocycles. The van der Waals surface area contributed by atoms with E-state index in [9.17, 15) is 19.2 Å². The Morgan fingerprint density at radius 3 is 2.53 bits per heavy atom. The van der Waals surface area contributed by atoms with Gasteiger partial charge in [-0.25, -0.2) is 10.5 Å². The summed E-state index contributed by atoms with van der Waals surface area (Å²) in [5.41, 5.74) is 5.96. The first-order chi connectivity index (χ1) is 25.2. The van der Waals surface area contributed by atoms with Gasteiger partial charge < -0.3 is 24.1 Å². The van der Waals surface area contributed by atoms with E-state index in [4.69, 9.17) is 19.3 Å². The molecule has 0 saturated heterocycles. The fourth-order valence-electron chi connectivity index (χ4n) is 6.35. The molecule has 2 aromatic heterocycles. The molecule has 1 aliphatic heterocycles. The number of pyridine rings is 2. The molecule has 1 aliphatic rings. The maximum atomic E-state index is 14.1. The molecule has 53 heavy (non-hydrogen) atoms. The van der Waals surface area contributed by atoms with E-state index >= 15 is 0 Å². The van der Waals surface area contributed by atoms with Crippen LogP contribution in [-0.4, -0.2) is 78.2 Å². The van der Waals surface area contributed by atoms with Crippen molar-refractivity contribution < 1.29 is 33.4 Å². The van der Waals surface area contributed by atoms with Crippen molar-refractivity contribution in [2.75, 3.05) is 32.9 Å². The maximum Gasteiger partial charge on any atom is 0.306 e. The molecule has 0 fully saturated rings. The summed E-state index contributed by atoms with van der Waals surface area (Å²) in [6.07, 6.45) is 2.54. The second-order valence-corrected chi connectivity index (χ2v) is 14.9. The van der Waals surface area contributed by atoms with Gasteiger partial charge in [-0.15, -0.1) is 0 Å². The number of carbonyl (C=O) groups is 3. The largest absolute Gasteiger partial charge is 0.468 e. The van der Waals surface area contributed by atoms with E-state index in [1.165, 1.54) is 0 Å². The number of esters is 1. The van der Waals surface area contributed by atoms with Crippen molar-refractivity contribution in [2.45, 2.75) is 117 Å². The van der Waals surface area contributed by atoms with Gasteiger partial charge in [-0.05, 0) is 91.0 Å². The van der Waals surface area contributed by atoms with Gasteiger partial charge in [0.2, 0.25) is 5.91 Å². The number of ether oxygens (including phenoxy) is 3. The van der Waals surface area contributed by atoms with Gasteiger partial charge in [0.25, 0.3) is 12.0 Å². The number of nitrogens with one attached hydrogen (secondary N) is 3. The molecule has 1 unspecified atom stereocenters. The lowest BCUT2D eigenvalue weighted by atomic mass is 9.89. The third kappa shape index (κ3) is 11.9. The van der Waals surface area contributed by atoms with E-state index in [2.05, 4.69) is 26.9 Å². The molecule has 0 bridgehead atoms. The number of aromatic nitrogens is 2. The van der Waals surface area contributed by atoms with Gasteiger partial charge in [0.05, 0.1) is 54.8 Å². The van der Waals surface area contributed by atoms with Gasteiger partial charge in [0, 0.05) is 48.5 Å². The molecule has 0 aliphatic carbocycles. The SMILES string of the molecule is CCC(C(=O)NC(C)C)c1cc2n(c(=O)c1CCC(=O)OCCCNC(C)(C)OCCC(C)(C)ONCCCOC=O)Cc1cc3ccccc3nc1-2. The predicted octanol–water partition coefficient (Wildman–Crippen LogP) is 4.90. The zero-order valence-corrected chi connectivity index (χ0v) is 32.3. The molecular formula is C40H57N5O8. The molecule has 1 aromatic carbocycles. The van der Waals surface area contributed by atoms with Crippen molar-refractivity contribution in [3.63, 3.8) is 0 Å². The Morgan fingerprint density at radius 1 is 1.04 bits per heavy atom. The quantitative estimate of drug-likeness (QED) is 0.0313. The highest BCUT2D eigenvalue weighted by atomic mass is 16.7. The summed E-state index contributed by atoms with van der Waals surface area (Å²) < 4.78 is 18.0. The van der Waals surface area contributed by atoms with E-state index in [0.29, 0.717) is 81.8 Å². The first kappa shape index (κ1) is 41.6. The van der Waals surface area contributed by atoms with E-state index in [0.717, 1.165) is 22.2 Å². The van der Waals surface area contributed by atoms with Crippen molar-refractivity contribution in [1.82, 2.24) is 25.7 Å². The van der Waals surface area contributed by atoms with E-state index in [-0.39, 0.29) is 37.0 Å². The summed E-state index contributed by atoms with van der Waals surface area (Å²) in [5, 5.41) is 7.36. The summed E-state index contributed by atoms with van der Waals surface area (Å²) in [7, 11) is 0. The summed E-state index contributed by atoms with van der Waals surface area (Å²) in [6, 6.07) is 11.8. The second kappa shape index (κ2) is 19.2. The summed E-state index contributed by atoms with van der Waals surface area (Å²) in [4.78, 5) is 61.3. The Kier molecular flexibility index (Phi) is 15.1. The molecule has 4 rings (SSSR count). The van der Waals surface area contributed by atoms with Crippen molar-refractivity contribution in [3.05, 3.63) is 63.4 Å². The number of fused-ring (bicyclic) bond motifs is 4. The van der Waals surface area contributed by atoms with Crippen molar-refractivity contribution >= 4 is 29.3 Å². The van der Waals surface area contributed by atoms with Crippen LogP contribution in [0.4, 0.5) is 0 Å². The number of benzene rings is 1. The van der Waals surface area contributed by atoms with Gasteiger partial charge in [-0.2, -0.15) is 0 Å². The highest BCUT2D eigenvalue weighted by Gasteiger charge is 2.30. The average molecular weight is 736 g/mol. The molecule has 290 valence electrons. The van der Waals surface area contributed by atoms with Gasteiger partial charge in [-0.3, -0.25) is 29.3 Å². The molecule has 1 atom stereocenters. The standard InChI is InChI=1S/C40H57N5O8/c1-8-30(37(48)43-27(2)3)32-24-34-36-29(23-28-13-9-10-14-33(28)44-36)25-45(34)38(49)31(32)15-16-35(47)51-21-11-18-41-40(6,7)52-22-17-39(4,5)53-42-19-12-20-50-26-46/h9-10,13-14,23-24,26-27,30,41-42H,8,11-12,15-22,25H2,1-7H3,(H,43,48).